The summed E-state index contributed by atoms with van der Waals surface area (Å²) in [4.78, 5) is 6.07. The third kappa shape index (κ3) is 2.95. The van der Waals surface area contributed by atoms with E-state index < -0.39 is 10.1 Å². The standard InChI is InChI=1S/C11H16N2O3S/c1-9-3-2-6-13(8-9)11-5-4-10(7-12-11)17(14,15)16/h4-5,7,9H,2-3,6,8H2,1H3,(H,14,15,16). The molecule has 1 N–H and O–H groups in total. The summed E-state index contributed by atoms with van der Waals surface area (Å²) < 4.78 is 30.6. The van der Waals surface area contributed by atoms with E-state index in [1.54, 1.807) is 6.07 Å². The van der Waals surface area contributed by atoms with Crippen molar-refractivity contribution in [2.75, 3.05) is 18.0 Å². The summed E-state index contributed by atoms with van der Waals surface area (Å²) in [7, 11) is -4.14. The first kappa shape index (κ1) is 12.3. The van der Waals surface area contributed by atoms with Crippen LogP contribution < -0.4 is 4.90 Å². The number of aromatic nitrogens is 1. The van der Waals surface area contributed by atoms with Gasteiger partial charge in [0.25, 0.3) is 10.1 Å². The monoisotopic (exact) mass is 256 g/mol. The predicted octanol–water partition coefficient (Wildman–Crippen LogP) is 1.56. The Kier molecular flexibility index (Phi) is 3.35. The van der Waals surface area contributed by atoms with Gasteiger partial charge in [-0.15, -0.1) is 0 Å². The highest BCUT2D eigenvalue weighted by Gasteiger charge is 2.18. The minimum absolute atomic E-state index is 0.161. The fraction of sp³-hybridized carbons (Fsp3) is 0.545. The molecule has 1 atom stereocenters. The van der Waals surface area contributed by atoms with Gasteiger partial charge in [0.2, 0.25) is 0 Å². The van der Waals surface area contributed by atoms with Crippen LogP contribution in [0, 0.1) is 5.92 Å². The largest absolute Gasteiger partial charge is 0.356 e. The summed E-state index contributed by atoms with van der Waals surface area (Å²) in [5.41, 5.74) is 0. The summed E-state index contributed by atoms with van der Waals surface area (Å²) in [5.74, 6) is 1.40. The molecule has 6 heteroatoms. The first-order chi connectivity index (χ1) is 7.97. The minimum Gasteiger partial charge on any atom is -0.356 e. The zero-order chi connectivity index (χ0) is 12.5. The molecular formula is C11H16N2O3S. The van der Waals surface area contributed by atoms with Crippen molar-refractivity contribution in [2.24, 2.45) is 5.92 Å². The quantitative estimate of drug-likeness (QED) is 0.813. The number of hydrogen-bond donors (Lipinski definition) is 1. The van der Waals surface area contributed by atoms with Gasteiger partial charge in [-0.05, 0) is 30.9 Å². The van der Waals surface area contributed by atoms with E-state index in [1.165, 1.54) is 18.7 Å². The molecule has 0 bridgehead atoms. The fourth-order valence-electron chi connectivity index (χ4n) is 2.11. The lowest BCUT2D eigenvalue weighted by molar-refractivity contribution is 0.444. The minimum atomic E-state index is -4.14. The van der Waals surface area contributed by atoms with Crippen LogP contribution in [0.5, 0.6) is 0 Å². The van der Waals surface area contributed by atoms with Gasteiger partial charge in [0.1, 0.15) is 10.7 Å². The molecule has 1 saturated heterocycles. The topological polar surface area (TPSA) is 70.5 Å². The van der Waals surface area contributed by atoms with Gasteiger partial charge >= 0.3 is 0 Å². The van der Waals surface area contributed by atoms with E-state index in [2.05, 4.69) is 16.8 Å². The van der Waals surface area contributed by atoms with Crippen molar-refractivity contribution in [3.63, 3.8) is 0 Å². The Morgan fingerprint density at radius 3 is 2.76 bits per heavy atom. The fourth-order valence-corrected chi connectivity index (χ4v) is 2.54. The summed E-state index contributed by atoms with van der Waals surface area (Å²) in [5, 5.41) is 0. The van der Waals surface area contributed by atoms with Crippen molar-refractivity contribution in [3.05, 3.63) is 18.3 Å². The number of anilines is 1. The molecule has 1 aromatic rings. The van der Waals surface area contributed by atoms with Crippen molar-refractivity contribution in [1.29, 1.82) is 0 Å². The van der Waals surface area contributed by atoms with Crippen molar-refractivity contribution in [1.82, 2.24) is 4.98 Å². The molecule has 2 heterocycles. The molecule has 0 spiro atoms. The molecular weight excluding hydrogens is 240 g/mol. The van der Waals surface area contributed by atoms with Crippen molar-refractivity contribution in [2.45, 2.75) is 24.7 Å². The Morgan fingerprint density at radius 1 is 1.47 bits per heavy atom. The lowest BCUT2D eigenvalue weighted by Crippen LogP contribution is -2.34. The van der Waals surface area contributed by atoms with Crippen LogP contribution in [-0.4, -0.2) is 31.0 Å². The maximum atomic E-state index is 10.9. The lowest BCUT2D eigenvalue weighted by Gasteiger charge is -2.31. The van der Waals surface area contributed by atoms with E-state index in [9.17, 15) is 8.42 Å². The van der Waals surface area contributed by atoms with Crippen LogP contribution in [0.15, 0.2) is 23.2 Å². The van der Waals surface area contributed by atoms with E-state index in [1.807, 2.05) is 0 Å². The highest BCUT2D eigenvalue weighted by molar-refractivity contribution is 7.85. The first-order valence-electron chi connectivity index (χ1n) is 5.65. The highest BCUT2D eigenvalue weighted by atomic mass is 32.2. The maximum Gasteiger partial charge on any atom is 0.296 e. The Morgan fingerprint density at radius 2 is 2.24 bits per heavy atom. The second kappa shape index (κ2) is 4.62. The second-order valence-corrected chi connectivity index (χ2v) is 5.94. The first-order valence-corrected chi connectivity index (χ1v) is 7.09. The van der Waals surface area contributed by atoms with Gasteiger partial charge in [0, 0.05) is 13.1 Å². The molecule has 0 amide bonds. The number of hydrogen-bond acceptors (Lipinski definition) is 4. The van der Waals surface area contributed by atoms with Crippen LogP contribution in [0.25, 0.3) is 0 Å². The van der Waals surface area contributed by atoms with Crippen LogP contribution in [0.1, 0.15) is 19.8 Å². The summed E-state index contributed by atoms with van der Waals surface area (Å²) in [6.07, 6.45) is 3.55. The van der Waals surface area contributed by atoms with Crippen molar-refractivity contribution in [3.8, 4) is 0 Å². The normalized spacial score (nSPS) is 21.5. The van der Waals surface area contributed by atoms with Crippen LogP contribution in [0.4, 0.5) is 5.82 Å². The van der Waals surface area contributed by atoms with Gasteiger partial charge in [-0.25, -0.2) is 4.98 Å². The zero-order valence-electron chi connectivity index (χ0n) is 9.70. The van der Waals surface area contributed by atoms with E-state index in [-0.39, 0.29) is 4.90 Å². The van der Waals surface area contributed by atoms with Crippen LogP contribution in [0.3, 0.4) is 0 Å². The SMILES string of the molecule is CC1CCCN(c2ccc(S(=O)(=O)O)cn2)C1. The number of pyridine rings is 1. The molecule has 0 aliphatic carbocycles. The van der Waals surface area contributed by atoms with Crippen LogP contribution >= 0.6 is 0 Å². The molecule has 0 saturated carbocycles. The van der Waals surface area contributed by atoms with E-state index >= 15 is 0 Å². The average Bonchev–Trinajstić information content (AvgIpc) is 2.28. The second-order valence-electron chi connectivity index (χ2n) is 4.52. The van der Waals surface area contributed by atoms with Gasteiger partial charge < -0.3 is 4.90 Å². The molecule has 94 valence electrons. The van der Waals surface area contributed by atoms with Crippen LogP contribution in [0.2, 0.25) is 0 Å². The third-order valence-corrected chi connectivity index (χ3v) is 3.84. The molecule has 0 aromatic carbocycles. The molecule has 1 fully saturated rings. The summed E-state index contributed by atoms with van der Waals surface area (Å²) >= 11 is 0. The third-order valence-electron chi connectivity index (χ3n) is 3.00. The molecule has 1 aliphatic heterocycles. The Bertz CT molecular complexity index is 484. The molecule has 2 rings (SSSR count). The average molecular weight is 256 g/mol. The van der Waals surface area contributed by atoms with Gasteiger partial charge in [0.15, 0.2) is 0 Å². The van der Waals surface area contributed by atoms with Gasteiger partial charge in [-0.2, -0.15) is 8.42 Å². The van der Waals surface area contributed by atoms with E-state index in [0.29, 0.717) is 5.92 Å². The van der Waals surface area contributed by atoms with Crippen molar-refractivity contribution < 1.29 is 13.0 Å². The maximum absolute atomic E-state index is 10.9. The molecule has 1 aliphatic rings. The zero-order valence-corrected chi connectivity index (χ0v) is 10.5. The Hall–Kier alpha value is -1.14. The van der Waals surface area contributed by atoms with Gasteiger partial charge in [-0.3, -0.25) is 4.55 Å². The predicted molar refractivity (Wildman–Crippen MR) is 64.7 cm³/mol. The highest BCUT2D eigenvalue weighted by Crippen LogP contribution is 2.21. The Labute approximate surface area is 101 Å². The van der Waals surface area contributed by atoms with Gasteiger partial charge in [-0.1, -0.05) is 6.92 Å². The number of piperidine rings is 1. The lowest BCUT2D eigenvalue weighted by atomic mass is 10.0. The summed E-state index contributed by atoms with van der Waals surface area (Å²) in [6.45, 7) is 4.08. The number of nitrogens with zero attached hydrogens (tertiary/aromatic N) is 2. The van der Waals surface area contributed by atoms with E-state index in [0.717, 1.165) is 25.3 Å². The van der Waals surface area contributed by atoms with Gasteiger partial charge in [0.05, 0.1) is 6.20 Å². The molecule has 5 nitrogen and oxygen atoms in total. The molecule has 17 heavy (non-hydrogen) atoms. The smallest absolute Gasteiger partial charge is 0.296 e. The van der Waals surface area contributed by atoms with E-state index in [4.69, 9.17) is 4.55 Å². The summed E-state index contributed by atoms with van der Waals surface area (Å²) in [6, 6.07) is 3.03. The Balaban J connectivity index is 2.18. The number of rotatable bonds is 2. The molecule has 1 unspecified atom stereocenters. The van der Waals surface area contributed by atoms with Crippen LogP contribution in [-0.2, 0) is 10.1 Å². The van der Waals surface area contributed by atoms with Crippen molar-refractivity contribution >= 4 is 15.9 Å². The molecule has 0 radical (unpaired) electrons. The molecule has 1 aromatic heterocycles.